The van der Waals surface area contributed by atoms with Crippen LogP contribution in [0.3, 0.4) is 0 Å². The van der Waals surface area contributed by atoms with Crippen molar-refractivity contribution in [1.29, 1.82) is 0 Å². The predicted molar refractivity (Wildman–Crippen MR) is 75.4 cm³/mol. The van der Waals surface area contributed by atoms with Crippen molar-refractivity contribution in [1.82, 2.24) is 4.72 Å². The lowest BCUT2D eigenvalue weighted by molar-refractivity contribution is 0.153. The Morgan fingerprint density at radius 1 is 1.26 bits per heavy atom. The Bertz CT molecular complexity index is 501. The largest absolute Gasteiger partial charge is 0.380 e. The monoisotopic (exact) mass is 286 g/mol. The molecular formula is C13H22N2O3S. The number of sulfonamides is 1. The van der Waals surface area contributed by atoms with Gasteiger partial charge >= 0.3 is 0 Å². The van der Waals surface area contributed by atoms with Gasteiger partial charge in [-0.05, 0) is 36.6 Å². The van der Waals surface area contributed by atoms with E-state index in [4.69, 9.17) is 10.5 Å². The van der Waals surface area contributed by atoms with Gasteiger partial charge in [-0.3, -0.25) is 0 Å². The van der Waals surface area contributed by atoms with E-state index < -0.39 is 10.0 Å². The van der Waals surface area contributed by atoms with Gasteiger partial charge in [-0.15, -0.1) is 0 Å². The van der Waals surface area contributed by atoms with Crippen molar-refractivity contribution in [2.24, 2.45) is 5.73 Å². The van der Waals surface area contributed by atoms with Gasteiger partial charge in [-0.2, -0.15) is 0 Å². The zero-order valence-corrected chi connectivity index (χ0v) is 12.3. The maximum absolute atomic E-state index is 12.1. The summed E-state index contributed by atoms with van der Waals surface area (Å²) in [6.07, 6.45) is 0.838. The minimum Gasteiger partial charge on any atom is -0.380 e. The van der Waals surface area contributed by atoms with Crippen LogP contribution in [-0.4, -0.2) is 28.2 Å². The van der Waals surface area contributed by atoms with E-state index in [1.165, 1.54) is 0 Å². The molecule has 0 bridgehead atoms. The van der Waals surface area contributed by atoms with Crippen LogP contribution in [0.2, 0.25) is 0 Å². The van der Waals surface area contributed by atoms with Gasteiger partial charge in [-0.25, -0.2) is 13.1 Å². The van der Waals surface area contributed by atoms with Crippen LogP contribution in [0.4, 0.5) is 0 Å². The summed E-state index contributed by atoms with van der Waals surface area (Å²) in [6.45, 7) is 5.43. The molecule has 0 fully saturated rings. The third-order valence-electron chi connectivity index (χ3n) is 2.83. The van der Waals surface area contributed by atoms with Crippen LogP contribution in [0.25, 0.3) is 0 Å². The quantitative estimate of drug-likeness (QED) is 0.699. The molecule has 0 aliphatic heterocycles. The van der Waals surface area contributed by atoms with Gasteiger partial charge in [0.05, 0.1) is 11.5 Å². The molecule has 0 aliphatic rings. The molecule has 5 nitrogen and oxygen atoms in total. The lowest BCUT2D eigenvalue weighted by Crippen LogP contribution is -2.27. The van der Waals surface area contributed by atoms with Crippen molar-refractivity contribution in [3.8, 4) is 0 Å². The van der Waals surface area contributed by atoms with E-state index in [0.29, 0.717) is 19.8 Å². The second-order valence-electron chi connectivity index (χ2n) is 4.08. The fraction of sp³-hybridized carbons (Fsp3) is 0.538. The molecule has 0 aromatic heterocycles. The van der Waals surface area contributed by atoms with Gasteiger partial charge in [0.15, 0.2) is 0 Å². The number of rotatable bonds is 8. The van der Waals surface area contributed by atoms with Crippen molar-refractivity contribution in [3.05, 3.63) is 29.3 Å². The Kier molecular flexibility index (Phi) is 6.44. The average Bonchev–Trinajstić information content (AvgIpc) is 2.42. The highest BCUT2D eigenvalue weighted by atomic mass is 32.2. The van der Waals surface area contributed by atoms with E-state index >= 15 is 0 Å². The summed E-state index contributed by atoms with van der Waals surface area (Å²) in [4.78, 5) is 0.252. The maximum atomic E-state index is 12.1. The first-order valence-electron chi connectivity index (χ1n) is 6.44. The number of nitrogens with two attached hydrogens (primary N) is 1. The van der Waals surface area contributed by atoms with Gasteiger partial charge in [0.2, 0.25) is 10.0 Å². The third kappa shape index (κ3) is 4.58. The van der Waals surface area contributed by atoms with Crippen molar-refractivity contribution in [2.45, 2.75) is 31.7 Å². The van der Waals surface area contributed by atoms with Crippen LogP contribution in [0, 0.1) is 0 Å². The molecule has 0 saturated carbocycles. The molecule has 108 valence electrons. The van der Waals surface area contributed by atoms with E-state index in [-0.39, 0.29) is 11.4 Å². The van der Waals surface area contributed by atoms with Crippen molar-refractivity contribution < 1.29 is 13.2 Å². The smallest absolute Gasteiger partial charge is 0.240 e. The Morgan fingerprint density at radius 2 is 2.00 bits per heavy atom. The second kappa shape index (κ2) is 7.59. The Morgan fingerprint density at radius 3 is 2.58 bits per heavy atom. The molecule has 0 spiro atoms. The zero-order chi connectivity index (χ0) is 14.3. The van der Waals surface area contributed by atoms with Crippen LogP contribution in [0.5, 0.6) is 0 Å². The fourth-order valence-electron chi connectivity index (χ4n) is 1.78. The molecule has 0 atom stereocenters. The van der Waals surface area contributed by atoms with Gasteiger partial charge in [0.1, 0.15) is 0 Å². The standard InChI is InChI=1S/C13H22N2O3S/c1-3-11-5-6-13(9-12(11)10-14)19(16,17)15-7-8-18-4-2/h5-6,9,15H,3-4,7-8,10,14H2,1-2H3. The summed E-state index contributed by atoms with van der Waals surface area (Å²) >= 11 is 0. The molecule has 0 aliphatic carbocycles. The van der Waals surface area contributed by atoms with E-state index in [1.807, 2.05) is 19.9 Å². The van der Waals surface area contributed by atoms with Gasteiger partial charge < -0.3 is 10.5 Å². The zero-order valence-electron chi connectivity index (χ0n) is 11.5. The molecular weight excluding hydrogens is 264 g/mol. The molecule has 0 unspecified atom stereocenters. The molecule has 0 saturated heterocycles. The Hall–Kier alpha value is -0.950. The normalized spacial score (nSPS) is 11.7. The fourth-order valence-corrected chi connectivity index (χ4v) is 2.84. The Labute approximate surface area is 115 Å². The number of aryl methyl sites for hydroxylation is 1. The summed E-state index contributed by atoms with van der Waals surface area (Å²) in [5.41, 5.74) is 7.59. The summed E-state index contributed by atoms with van der Waals surface area (Å²) in [5.74, 6) is 0. The molecule has 1 rings (SSSR count). The first-order chi connectivity index (χ1) is 9.05. The highest BCUT2D eigenvalue weighted by molar-refractivity contribution is 7.89. The van der Waals surface area contributed by atoms with Crippen molar-refractivity contribution in [3.63, 3.8) is 0 Å². The number of hydrogen-bond donors (Lipinski definition) is 2. The summed E-state index contributed by atoms with van der Waals surface area (Å²) in [7, 11) is -3.48. The molecule has 1 aromatic rings. The van der Waals surface area contributed by atoms with Crippen LogP contribution < -0.4 is 10.5 Å². The number of benzene rings is 1. The molecule has 0 heterocycles. The summed E-state index contributed by atoms with van der Waals surface area (Å²) in [5, 5.41) is 0. The maximum Gasteiger partial charge on any atom is 0.240 e. The minimum absolute atomic E-state index is 0.252. The number of nitrogens with one attached hydrogen (secondary N) is 1. The highest BCUT2D eigenvalue weighted by Crippen LogP contribution is 2.16. The predicted octanol–water partition coefficient (Wildman–Crippen LogP) is 1.02. The SMILES string of the molecule is CCOCCNS(=O)(=O)c1ccc(CC)c(CN)c1. The topological polar surface area (TPSA) is 81.4 Å². The average molecular weight is 286 g/mol. The van der Waals surface area contributed by atoms with E-state index in [9.17, 15) is 8.42 Å². The first kappa shape index (κ1) is 16.1. The van der Waals surface area contributed by atoms with E-state index in [2.05, 4.69) is 4.72 Å². The van der Waals surface area contributed by atoms with Gasteiger partial charge in [0.25, 0.3) is 0 Å². The highest BCUT2D eigenvalue weighted by Gasteiger charge is 2.14. The van der Waals surface area contributed by atoms with Crippen molar-refractivity contribution >= 4 is 10.0 Å². The molecule has 0 amide bonds. The number of hydrogen-bond acceptors (Lipinski definition) is 4. The second-order valence-corrected chi connectivity index (χ2v) is 5.85. The first-order valence-corrected chi connectivity index (χ1v) is 7.92. The minimum atomic E-state index is -3.48. The van der Waals surface area contributed by atoms with Crippen LogP contribution >= 0.6 is 0 Å². The van der Waals surface area contributed by atoms with E-state index in [1.54, 1.807) is 12.1 Å². The molecule has 19 heavy (non-hydrogen) atoms. The molecule has 6 heteroatoms. The summed E-state index contributed by atoms with van der Waals surface area (Å²) in [6, 6.07) is 5.07. The number of ether oxygens (including phenoxy) is 1. The van der Waals surface area contributed by atoms with Crippen molar-refractivity contribution in [2.75, 3.05) is 19.8 Å². The van der Waals surface area contributed by atoms with Gasteiger partial charge in [-0.1, -0.05) is 13.0 Å². The summed E-state index contributed by atoms with van der Waals surface area (Å²) < 4.78 is 31.7. The molecule has 0 radical (unpaired) electrons. The van der Waals surface area contributed by atoms with Crippen LogP contribution in [0.15, 0.2) is 23.1 Å². The van der Waals surface area contributed by atoms with Gasteiger partial charge in [0, 0.05) is 19.7 Å². The lowest BCUT2D eigenvalue weighted by atomic mass is 10.1. The third-order valence-corrected chi connectivity index (χ3v) is 4.29. The van der Waals surface area contributed by atoms with Crippen LogP contribution in [-0.2, 0) is 27.7 Å². The Balaban J connectivity index is 2.83. The molecule has 3 N–H and O–H groups in total. The van der Waals surface area contributed by atoms with Crippen LogP contribution in [0.1, 0.15) is 25.0 Å². The van der Waals surface area contributed by atoms with E-state index in [0.717, 1.165) is 17.5 Å². The lowest BCUT2D eigenvalue weighted by Gasteiger charge is -2.10. The molecule has 1 aromatic carbocycles.